The van der Waals surface area contributed by atoms with Gasteiger partial charge in [0.25, 0.3) is 0 Å². The number of quaternary nitrogens is 1. The standard InChI is InChI=1S/C58H101N2O6P/c1-6-8-10-12-14-16-18-20-22-24-26-28-30-32-34-36-38-40-42-44-46-48-50-52-58(62)59-56(55-66-67(63,64)65-54-53-60(3,4)5)57(61)51-49-47-45-43-41-39-37-35-33-31-29-27-25-23-21-19-17-15-13-11-9-7-2/h8,10,14,16,20,22,26,28,32,34,38,40-41,43-44,46,49,51,56-57,61H,6-7,9,11-13,15,17-19,21,23-25,27,29-31,33,35-37,39,42,45,47-48,50,52-55H2,1-5H3,(H-,59,62,63,64)/p+1/b10-8-,16-14-,22-20-,28-26-,34-32-,40-38-,43-41+,46-44-,51-49+. The highest BCUT2D eigenvalue weighted by Crippen LogP contribution is 2.43. The second-order valence-electron chi connectivity index (χ2n) is 18.9. The fourth-order valence-electron chi connectivity index (χ4n) is 7.05. The van der Waals surface area contributed by atoms with Gasteiger partial charge >= 0.3 is 7.82 Å². The minimum atomic E-state index is -4.38. The zero-order chi connectivity index (χ0) is 49.2. The molecular weight excluding hydrogens is 852 g/mol. The topological polar surface area (TPSA) is 105 Å². The Hall–Kier alpha value is -2.84. The normalized spacial score (nSPS) is 14.9. The van der Waals surface area contributed by atoms with Gasteiger partial charge in [0, 0.05) is 6.42 Å². The molecule has 3 atom stereocenters. The first-order chi connectivity index (χ1) is 32.5. The first-order valence-electron chi connectivity index (χ1n) is 26.8. The van der Waals surface area contributed by atoms with E-state index in [1.54, 1.807) is 6.08 Å². The molecule has 384 valence electrons. The summed E-state index contributed by atoms with van der Waals surface area (Å²) in [5.74, 6) is -0.248. The lowest BCUT2D eigenvalue weighted by Gasteiger charge is -2.25. The van der Waals surface area contributed by atoms with Crippen LogP contribution in [0.3, 0.4) is 0 Å². The SMILES string of the molecule is CC/C=C\C/C=C\C/C=C\C/C=C\C/C=C\C/C=C\C/C=C\CCCC(=O)NC(COP(=O)(O)OCC[N+](C)(C)C)C(O)/C=C/CC/C=C/CCCCCCCCCCCCCCCCCC. The van der Waals surface area contributed by atoms with Gasteiger partial charge in [-0.2, -0.15) is 0 Å². The summed E-state index contributed by atoms with van der Waals surface area (Å²) in [5.41, 5.74) is 0. The molecule has 3 unspecified atom stereocenters. The van der Waals surface area contributed by atoms with Gasteiger partial charge in [-0.1, -0.05) is 220 Å². The quantitative estimate of drug-likeness (QED) is 0.0243. The molecule has 0 aliphatic heterocycles. The van der Waals surface area contributed by atoms with Crippen LogP contribution in [-0.2, 0) is 18.4 Å². The number of aliphatic hydroxyl groups is 1. The summed E-state index contributed by atoms with van der Waals surface area (Å²) in [6.45, 7) is 4.63. The van der Waals surface area contributed by atoms with E-state index in [-0.39, 0.29) is 25.5 Å². The second kappa shape index (κ2) is 48.2. The highest BCUT2D eigenvalue weighted by atomic mass is 31.2. The van der Waals surface area contributed by atoms with E-state index in [1.807, 2.05) is 27.2 Å². The summed E-state index contributed by atoms with van der Waals surface area (Å²) in [4.78, 5) is 23.2. The van der Waals surface area contributed by atoms with Gasteiger partial charge in [-0.3, -0.25) is 13.8 Å². The van der Waals surface area contributed by atoms with Crippen molar-refractivity contribution < 1.29 is 32.9 Å². The van der Waals surface area contributed by atoms with Crippen molar-refractivity contribution in [2.45, 2.75) is 212 Å². The monoisotopic (exact) mass is 954 g/mol. The van der Waals surface area contributed by atoms with Crippen LogP contribution in [0.5, 0.6) is 0 Å². The molecule has 9 heteroatoms. The number of allylic oxidation sites excluding steroid dienone is 17. The van der Waals surface area contributed by atoms with Gasteiger partial charge in [-0.05, 0) is 83.5 Å². The number of carbonyl (C=O) groups excluding carboxylic acids is 1. The van der Waals surface area contributed by atoms with Crippen LogP contribution in [0.1, 0.15) is 200 Å². The van der Waals surface area contributed by atoms with Crippen LogP contribution in [0.25, 0.3) is 0 Å². The number of unbranched alkanes of at least 4 members (excludes halogenated alkanes) is 18. The van der Waals surface area contributed by atoms with Gasteiger partial charge in [0.1, 0.15) is 13.2 Å². The summed E-state index contributed by atoms with van der Waals surface area (Å²) >= 11 is 0. The maximum absolute atomic E-state index is 12.9. The van der Waals surface area contributed by atoms with Gasteiger partial charge in [-0.25, -0.2) is 4.57 Å². The number of nitrogens with zero attached hydrogens (tertiary/aromatic N) is 1. The van der Waals surface area contributed by atoms with E-state index >= 15 is 0 Å². The molecule has 67 heavy (non-hydrogen) atoms. The van der Waals surface area contributed by atoms with Crippen molar-refractivity contribution in [2.24, 2.45) is 0 Å². The first kappa shape index (κ1) is 64.2. The minimum Gasteiger partial charge on any atom is -0.387 e. The van der Waals surface area contributed by atoms with E-state index in [0.29, 0.717) is 17.4 Å². The molecule has 0 radical (unpaired) electrons. The van der Waals surface area contributed by atoms with Crippen molar-refractivity contribution in [1.82, 2.24) is 5.32 Å². The Bertz CT molecular complexity index is 1450. The first-order valence-corrected chi connectivity index (χ1v) is 28.3. The zero-order valence-corrected chi connectivity index (χ0v) is 44.5. The van der Waals surface area contributed by atoms with E-state index in [2.05, 4.69) is 116 Å². The highest BCUT2D eigenvalue weighted by molar-refractivity contribution is 7.47. The summed E-state index contributed by atoms with van der Waals surface area (Å²) in [6.07, 6.45) is 70.5. The molecule has 0 aliphatic carbocycles. The molecule has 8 nitrogen and oxygen atoms in total. The molecule has 0 rings (SSSR count). The summed E-state index contributed by atoms with van der Waals surface area (Å²) < 4.78 is 23.6. The number of phosphoric ester groups is 1. The van der Waals surface area contributed by atoms with Gasteiger partial charge in [0.2, 0.25) is 5.91 Å². The molecule has 0 saturated carbocycles. The van der Waals surface area contributed by atoms with Gasteiger partial charge < -0.3 is 19.8 Å². The average Bonchev–Trinajstić information content (AvgIpc) is 3.29. The fourth-order valence-corrected chi connectivity index (χ4v) is 7.78. The van der Waals surface area contributed by atoms with Crippen LogP contribution in [0, 0.1) is 0 Å². The van der Waals surface area contributed by atoms with Crippen molar-refractivity contribution in [3.05, 3.63) is 109 Å². The molecule has 3 N–H and O–H groups in total. The Morgan fingerprint density at radius 3 is 1.37 bits per heavy atom. The van der Waals surface area contributed by atoms with Crippen LogP contribution in [0.2, 0.25) is 0 Å². The smallest absolute Gasteiger partial charge is 0.387 e. The molecule has 0 heterocycles. The summed E-state index contributed by atoms with van der Waals surface area (Å²) in [5, 5.41) is 13.8. The molecule has 0 aromatic carbocycles. The highest BCUT2D eigenvalue weighted by Gasteiger charge is 2.27. The van der Waals surface area contributed by atoms with Crippen molar-refractivity contribution in [3.8, 4) is 0 Å². The third-order valence-corrected chi connectivity index (χ3v) is 12.2. The molecule has 1 amide bonds. The predicted molar refractivity (Wildman–Crippen MR) is 290 cm³/mol. The lowest BCUT2D eigenvalue weighted by Crippen LogP contribution is -2.45. The molecule has 0 spiro atoms. The van der Waals surface area contributed by atoms with Crippen molar-refractivity contribution in [3.63, 3.8) is 0 Å². The second-order valence-corrected chi connectivity index (χ2v) is 20.3. The zero-order valence-electron chi connectivity index (χ0n) is 43.6. The van der Waals surface area contributed by atoms with E-state index in [0.717, 1.165) is 70.6 Å². The van der Waals surface area contributed by atoms with E-state index in [9.17, 15) is 19.4 Å². The van der Waals surface area contributed by atoms with Crippen LogP contribution >= 0.6 is 7.82 Å². The molecule has 0 fully saturated rings. The number of carbonyl (C=O) groups is 1. The maximum atomic E-state index is 12.9. The molecule has 0 bridgehead atoms. The number of rotatable bonds is 47. The van der Waals surface area contributed by atoms with Crippen LogP contribution in [0.15, 0.2) is 109 Å². The van der Waals surface area contributed by atoms with E-state index in [4.69, 9.17) is 9.05 Å². The molecule has 0 aromatic rings. The lowest BCUT2D eigenvalue weighted by atomic mass is 10.0. The predicted octanol–water partition coefficient (Wildman–Crippen LogP) is 16.0. The molecular formula is C58H102N2O6P+. The minimum absolute atomic E-state index is 0.0391. The number of hydrogen-bond acceptors (Lipinski definition) is 5. The van der Waals surface area contributed by atoms with Gasteiger partial charge in [-0.15, -0.1) is 0 Å². The Morgan fingerprint density at radius 1 is 0.522 bits per heavy atom. The number of aliphatic hydroxyl groups excluding tert-OH is 1. The van der Waals surface area contributed by atoms with Crippen molar-refractivity contribution in [1.29, 1.82) is 0 Å². The number of phosphoric acid groups is 1. The van der Waals surface area contributed by atoms with Crippen LogP contribution in [0.4, 0.5) is 0 Å². The Labute approximate surface area is 412 Å². The fraction of sp³-hybridized carbons (Fsp3) is 0.672. The molecule has 0 aromatic heterocycles. The summed E-state index contributed by atoms with van der Waals surface area (Å²) in [6, 6.07) is -0.902. The van der Waals surface area contributed by atoms with Gasteiger partial charge in [0.15, 0.2) is 0 Å². The summed E-state index contributed by atoms with van der Waals surface area (Å²) in [7, 11) is 1.50. The Balaban J connectivity index is 4.47. The van der Waals surface area contributed by atoms with Crippen LogP contribution < -0.4 is 5.32 Å². The largest absolute Gasteiger partial charge is 0.472 e. The molecule has 0 aliphatic rings. The molecule has 0 saturated heterocycles. The third kappa shape index (κ3) is 50.9. The average molecular weight is 954 g/mol. The van der Waals surface area contributed by atoms with E-state index in [1.165, 1.54) is 103 Å². The third-order valence-electron chi connectivity index (χ3n) is 11.2. The Kier molecular flexibility index (Phi) is 46.2. The lowest BCUT2D eigenvalue weighted by molar-refractivity contribution is -0.870. The van der Waals surface area contributed by atoms with E-state index < -0.39 is 20.0 Å². The number of nitrogens with one attached hydrogen (secondary N) is 1. The van der Waals surface area contributed by atoms with Gasteiger partial charge in [0.05, 0.1) is 39.9 Å². The number of hydrogen-bond donors (Lipinski definition) is 3. The Morgan fingerprint density at radius 2 is 0.910 bits per heavy atom. The maximum Gasteiger partial charge on any atom is 0.472 e. The van der Waals surface area contributed by atoms with Crippen LogP contribution in [-0.4, -0.2) is 73.4 Å². The number of likely N-dealkylation sites (N-methyl/N-ethyl adjacent to an activating group) is 1. The van der Waals surface area contributed by atoms with Crippen molar-refractivity contribution >= 4 is 13.7 Å². The number of amides is 1. The van der Waals surface area contributed by atoms with Crippen molar-refractivity contribution in [2.75, 3.05) is 40.9 Å².